The van der Waals surface area contributed by atoms with E-state index in [1.807, 2.05) is 0 Å². The molecule has 7 heteroatoms. The first-order valence-electron chi connectivity index (χ1n) is 4.10. The Balaban J connectivity index is 3.12. The van der Waals surface area contributed by atoms with Crippen molar-refractivity contribution >= 4 is 35.9 Å². The first kappa shape index (κ1) is 12.2. The van der Waals surface area contributed by atoms with Crippen LogP contribution >= 0.6 is 11.9 Å². The second kappa shape index (κ2) is 5.26. The average Bonchev–Trinajstić information content (AvgIpc) is 2.39. The Bertz CT molecular complexity index is 424. The van der Waals surface area contributed by atoms with Crippen molar-refractivity contribution in [2.24, 2.45) is 10.3 Å². The molecular weight excluding hydrogens is 234 g/mol. The second-order valence-corrected chi connectivity index (χ2v) is 3.48. The van der Waals surface area contributed by atoms with Gasteiger partial charge in [-0.3, -0.25) is 4.79 Å². The zero-order valence-electron chi connectivity index (χ0n) is 7.86. The summed E-state index contributed by atoms with van der Waals surface area (Å²) in [7, 11) is 0. The third kappa shape index (κ3) is 3.06. The summed E-state index contributed by atoms with van der Waals surface area (Å²) in [5.41, 5.74) is -0.506. The predicted octanol–water partition coefficient (Wildman–Crippen LogP) is 0.514. The summed E-state index contributed by atoms with van der Waals surface area (Å²) in [6.45, 7) is 0. The van der Waals surface area contributed by atoms with E-state index in [0.29, 0.717) is 6.08 Å². The second-order valence-electron chi connectivity index (χ2n) is 2.79. The van der Waals surface area contributed by atoms with Crippen molar-refractivity contribution in [2.75, 3.05) is 0 Å². The van der Waals surface area contributed by atoms with Gasteiger partial charge in [-0.1, -0.05) is 0 Å². The number of rotatable bonds is 3. The van der Waals surface area contributed by atoms with Crippen LogP contribution in [0.3, 0.4) is 0 Å². The van der Waals surface area contributed by atoms with Gasteiger partial charge in [-0.15, -0.1) is 0 Å². The summed E-state index contributed by atoms with van der Waals surface area (Å²) >= 11 is 0.972. The quantitative estimate of drug-likeness (QED) is 0.551. The van der Waals surface area contributed by atoms with Crippen molar-refractivity contribution in [1.29, 1.82) is 0 Å². The van der Waals surface area contributed by atoms with Crippen LogP contribution in [0, 0.1) is 5.92 Å². The number of carbonyl (C=O) groups excluding carboxylic acids is 1. The van der Waals surface area contributed by atoms with Crippen molar-refractivity contribution in [1.82, 2.24) is 0 Å². The van der Waals surface area contributed by atoms with Gasteiger partial charge in [0.2, 0.25) is 0 Å². The van der Waals surface area contributed by atoms with Crippen LogP contribution in [0.15, 0.2) is 27.5 Å². The van der Waals surface area contributed by atoms with Gasteiger partial charge in [-0.25, -0.2) is 14.0 Å². The maximum absolute atomic E-state index is 11.5. The van der Waals surface area contributed by atoms with Gasteiger partial charge in [0.25, 0.3) is 0 Å². The van der Waals surface area contributed by atoms with Crippen molar-refractivity contribution in [3.63, 3.8) is 0 Å². The highest BCUT2D eigenvalue weighted by Gasteiger charge is 2.26. The Morgan fingerprint density at radius 2 is 2.12 bits per heavy atom. The lowest BCUT2D eigenvalue weighted by molar-refractivity contribution is -0.136. The molecule has 0 aliphatic carbocycles. The number of carboxylic acid groups (broad SMARTS) is 2. The fourth-order valence-electron chi connectivity index (χ4n) is 1.06. The van der Waals surface area contributed by atoms with Gasteiger partial charge in [-0.2, -0.15) is 0 Å². The molecular formula is C9H7NO5S. The third-order valence-electron chi connectivity index (χ3n) is 1.73. The van der Waals surface area contributed by atoms with Gasteiger partial charge in [0.15, 0.2) is 5.78 Å². The molecule has 1 unspecified atom stereocenters. The van der Waals surface area contributed by atoms with E-state index in [2.05, 4.69) is 4.40 Å². The van der Waals surface area contributed by atoms with Gasteiger partial charge >= 0.3 is 11.9 Å². The van der Waals surface area contributed by atoms with Gasteiger partial charge in [-0.05, 0) is 11.5 Å². The molecule has 84 valence electrons. The zero-order chi connectivity index (χ0) is 12.1. The van der Waals surface area contributed by atoms with Crippen LogP contribution in [0.5, 0.6) is 0 Å². The molecule has 2 N–H and O–H groups in total. The van der Waals surface area contributed by atoms with Crippen molar-refractivity contribution in [3.05, 3.63) is 23.1 Å². The highest BCUT2D eigenvalue weighted by Crippen LogP contribution is 2.18. The van der Waals surface area contributed by atoms with Crippen LogP contribution < -0.4 is 0 Å². The third-order valence-corrected chi connectivity index (χ3v) is 2.23. The van der Waals surface area contributed by atoms with E-state index in [1.54, 1.807) is 0 Å². The number of carbonyl (C=O) groups is 3. The predicted molar refractivity (Wildman–Crippen MR) is 57.1 cm³/mol. The van der Waals surface area contributed by atoms with Crippen LogP contribution in [-0.2, 0) is 14.4 Å². The Morgan fingerprint density at radius 3 is 2.69 bits per heavy atom. The molecule has 0 radical (unpaired) electrons. The Kier molecular flexibility index (Phi) is 4.01. The first-order valence-corrected chi connectivity index (χ1v) is 4.93. The summed E-state index contributed by atoms with van der Waals surface area (Å²) in [6.07, 6.45) is 2.79. The molecule has 0 aromatic carbocycles. The number of hydrogen-bond acceptors (Lipinski definition) is 5. The molecule has 0 amide bonds. The zero-order valence-corrected chi connectivity index (χ0v) is 8.68. The normalized spacial score (nSPS) is 20.6. The molecule has 16 heavy (non-hydrogen) atoms. The van der Waals surface area contributed by atoms with E-state index in [4.69, 9.17) is 10.2 Å². The molecule has 0 bridgehead atoms. The molecule has 6 nitrogen and oxygen atoms in total. The summed E-state index contributed by atoms with van der Waals surface area (Å²) in [5, 5.41) is 18.7. The molecule has 1 rings (SSSR count). The van der Waals surface area contributed by atoms with E-state index in [1.165, 1.54) is 11.5 Å². The van der Waals surface area contributed by atoms with E-state index in [0.717, 1.165) is 18.2 Å². The minimum absolute atomic E-state index is 0.501. The first-order chi connectivity index (χ1) is 7.52. The summed E-state index contributed by atoms with van der Waals surface area (Å²) < 4.78 is 3.70. The maximum atomic E-state index is 11.5. The molecule has 1 heterocycles. The van der Waals surface area contributed by atoms with Crippen molar-refractivity contribution in [2.45, 2.75) is 0 Å². The molecule has 1 aliphatic rings. The van der Waals surface area contributed by atoms with Gasteiger partial charge in [0, 0.05) is 24.2 Å². The lowest BCUT2D eigenvalue weighted by atomic mass is 9.95. The smallest absolute Gasteiger partial charge is 0.332 e. The van der Waals surface area contributed by atoms with Gasteiger partial charge in [0.1, 0.15) is 0 Å². The lowest BCUT2D eigenvalue weighted by Gasteiger charge is -2.07. The number of ketones is 1. The lowest BCUT2D eigenvalue weighted by Crippen LogP contribution is -2.22. The summed E-state index contributed by atoms with van der Waals surface area (Å²) in [6, 6.07) is 0. The van der Waals surface area contributed by atoms with Gasteiger partial charge in [0.05, 0.1) is 11.5 Å². The SMILES string of the molecule is O=C(O)C=C(C(=O)O)C1C=NSC=CC1=O. The number of hydrogen-bond donors (Lipinski definition) is 2. The van der Waals surface area contributed by atoms with Gasteiger partial charge < -0.3 is 10.2 Å². The molecule has 0 aromatic heterocycles. The monoisotopic (exact) mass is 241 g/mol. The summed E-state index contributed by atoms with van der Waals surface area (Å²) in [4.78, 5) is 32.7. The molecule has 0 aromatic rings. The van der Waals surface area contributed by atoms with E-state index >= 15 is 0 Å². The largest absolute Gasteiger partial charge is 0.478 e. The van der Waals surface area contributed by atoms with E-state index in [9.17, 15) is 14.4 Å². The van der Waals surface area contributed by atoms with E-state index in [-0.39, 0.29) is 0 Å². The highest BCUT2D eigenvalue weighted by molar-refractivity contribution is 8.01. The number of aliphatic carboxylic acids is 2. The number of carboxylic acids is 2. The molecule has 0 fully saturated rings. The highest BCUT2D eigenvalue weighted by atomic mass is 32.2. The van der Waals surface area contributed by atoms with Crippen LogP contribution in [0.25, 0.3) is 0 Å². The molecule has 0 saturated carbocycles. The molecule has 1 aliphatic heterocycles. The number of allylic oxidation sites excluding steroid dienone is 1. The molecule has 0 spiro atoms. The average molecular weight is 241 g/mol. The van der Waals surface area contributed by atoms with Crippen molar-refractivity contribution in [3.8, 4) is 0 Å². The minimum atomic E-state index is -1.45. The number of nitrogens with zero attached hydrogens (tertiary/aromatic N) is 1. The summed E-state index contributed by atoms with van der Waals surface area (Å²) in [5.74, 6) is -4.53. The standard InChI is InChI=1S/C9H7NO5S/c11-7-1-2-16-10-4-6(7)5(9(14)15)3-8(12)13/h1-4,6H,(H,12,13)(H,14,15). The Morgan fingerprint density at radius 1 is 1.44 bits per heavy atom. The van der Waals surface area contributed by atoms with Crippen LogP contribution in [0.1, 0.15) is 0 Å². The Hall–Kier alpha value is -1.89. The van der Waals surface area contributed by atoms with Crippen LogP contribution in [0.2, 0.25) is 0 Å². The maximum Gasteiger partial charge on any atom is 0.332 e. The van der Waals surface area contributed by atoms with Crippen LogP contribution in [-0.4, -0.2) is 34.1 Å². The minimum Gasteiger partial charge on any atom is -0.478 e. The fourth-order valence-corrected chi connectivity index (χ4v) is 1.51. The fraction of sp³-hybridized carbons (Fsp3) is 0.111. The van der Waals surface area contributed by atoms with Crippen molar-refractivity contribution < 1.29 is 24.6 Å². The molecule has 0 saturated heterocycles. The Labute approximate surface area is 94.5 Å². The van der Waals surface area contributed by atoms with Crippen LogP contribution in [0.4, 0.5) is 0 Å². The molecule has 1 atom stereocenters. The topological polar surface area (TPSA) is 104 Å². The van der Waals surface area contributed by atoms with E-state index < -0.39 is 29.2 Å².